The molecule has 1 unspecified atom stereocenters. The van der Waals surface area contributed by atoms with E-state index in [0.717, 1.165) is 51.4 Å². The summed E-state index contributed by atoms with van der Waals surface area (Å²) in [5.41, 5.74) is 0. The average molecular weight is 288 g/mol. The van der Waals surface area contributed by atoms with Gasteiger partial charge in [-0.15, -0.1) is 0 Å². The van der Waals surface area contributed by atoms with Crippen molar-refractivity contribution in [2.45, 2.75) is 83.0 Å². The van der Waals surface area contributed by atoms with Crippen molar-refractivity contribution < 1.29 is 20.4 Å². The maximum absolute atomic E-state index is 9.68. The van der Waals surface area contributed by atoms with E-state index in [-0.39, 0.29) is 12.7 Å². The molecule has 0 aromatic rings. The van der Waals surface area contributed by atoms with Gasteiger partial charge < -0.3 is 20.4 Å². The smallest absolute Gasteiger partial charge is 0.151 e. The summed E-state index contributed by atoms with van der Waals surface area (Å²) in [5.74, 6) is 0. The molecule has 4 N–H and O–H groups in total. The number of unbranched alkanes of at least 4 members (excludes halogenated alkanes) is 7. The average Bonchev–Trinajstić information content (AvgIpc) is 2.41. The molecule has 0 aliphatic rings. The minimum atomic E-state index is -1.15. The Hall–Kier alpha value is -0.420. The van der Waals surface area contributed by atoms with Gasteiger partial charge in [-0.2, -0.15) is 0 Å². The molecule has 0 aliphatic carbocycles. The number of hydrogen-bond donors (Lipinski definition) is 4. The molecular weight excluding hydrogens is 256 g/mol. The van der Waals surface area contributed by atoms with Gasteiger partial charge in [-0.25, -0.2) is 0 Å². The van der Waals surface area contributed by atoms with Crippen molar-refractivity contribution in [1.82, 2.24) is 0 Å². The topological polar surface area (TPSA) is 80.9 Å². The van der Waals surface area contributed by atoms with Crippen molar-refractivity contribution in [1.29, 1.82) is 0 Å². The summed E-state index contributed by atoms with van der Waals surface area (Å²) >= 11 is 0. The lowest BCUT2D eigenvalue weighted by molar-refractivity contribution is -0.0466. The predicted molar refractivity (Wildman–Crippen MR) is 81.2 cm³/mol. The molecule has 0 heterocycles. The van der Waals surface area contributed by atoms with Crippen molar-refractivity contribution in [2.75, 3.05) is 6.61 Å². The molecule has 1 atom stereocenters. The van der Waals surface area contributed by atoms with Crippen molar-refractivity contribution in [3.8, 4) is 0 Å². The highest BCUT2D eigenvalue weighted by Crippen LogP contribution is 2.11. The molecule has 0 amide bonds. The lowest BCUT2D eigenvalue weighted by Gasteiger charge is -2.06. The van der Waals surface area contributed by atoms with Gasteiger partial charge in [-0.3, -0.25) is 0 Å². The molecule has 0 aromatic carbocycles. The van der Waals surface area contributed by atoms with Crippen LogP contribution in [-0.4, -0.2) is 39.4 Å². The fourth-order valence-electron chi connectivity index (χ4n) is 2.12. The fraction of sp³-hybridized carbons (Fsp3) is 0.875. The van der Waals surface area contributed by atoms with Crippen LogP contribution in [0, 0.1) is 0 Å². The molecule has 0 aromatic heterocycles. The van der Waals surface area contributed by atoms with E-state index >= 15 is 0 Å². The molecule has 4 nitrogen and oxygen atoms in total. The molecular formula is C16H32O4. The van der Waals surface area contributed by atoms with Crippen LogP contribution < -0.4 is 0 Å². The van der Waals surface area contributed by atoms with E-state index in [2.05, 4.69) is 0 Å². The van der Waals surface area contributed by atoms with Gasteiger partial charge in [0.25, 0.3) is 0 Å². The van der Waals surface area contributed by atoms with Gasteiger partial charge >= 0.3 is 0 Å². The Bertz CT molecular complexity index is 217. The standard InChI is InChI=1S/C16H32O4/c17-14-10-6-8-12-15(18)11-7-4-2-1-3-5-9-13-16(19)20/h8,12,15-20H,1-7,9-11,13-14H2. The van der Waals surface area contributed by atoms with Gasteiger partial charge in [-0.05, 0) is 32.1 Å². The summed E-state index contributed by atoms with van der Waals surface area (Å²) in [4.78, 5) is 0. The lowest BCUT2D eigenvalue weighted by atomic mass is 10.1. The number of aliphatic hydroxyl groups excluding tert-OH is 3. The van der Waals surface area contributed by atoms with Gasteiger partial charge in [0.15, 0.2) is 6.29 Å². The molecule has 0 saturated heterocycles. The van der Waals surface area contributed by atoms with E-state index in [1.54, 1.807) is 0 Å². The highest BCUT2D eigenvalue weighted by molar-refractivity contribution is 4.88. The maximum atomic E-state index is 9.68. The predicted octanol–water partition coefficient (Wildman–Crippen LogP) is 2.50. The summed E-state index contributed by atoms with van der Waals surface area (Å²) in [6, 6.07) is 0. The molecule has 0 bridgehead atoms. The Balaban J connectivity index is 3.20. The molecule has 0 saturated carbocycles. The summed E-state index contributed by atoms with van der Waals surface area (Å²) < 4.78 is 0. The third kappa shape index (κ3) is 15.6. The summed E-state index contributed by atoms with van der Waals surface area (Å²) in [6.07, 6.45) is 12.8. The van der Waals surface area contributed by atoms with Crippen molar-refractivity contribution in [3.05, 3.63) is 12.2 Å². The van der Waals surface area contributed by atoms with Crippen LogP contribution in [0.15, 0.2) is 12.2 Å². The van der Waals surface area contributed by atoms with Crippen LogP contribution in [0.25, 0.3) is 0 Å². The van der Waals surface area contributed by atoms with Gasteiger partial charge in [0, 0.05) is 6.61 Å². The molecule has 0 spiro atoms. The third-order valence-electron chi connectivity index (χ3n) is 3.35. The first-order valence-electron chi connectivity index (χ1n) is 7.98. The Morgan fingerprint density at radius 1 is 0.700 bits per heavy atom. The van der Waals surface area contributed by atoms with Gasteiger partial charge in [0.2, 0.25) is 0 Å². The number of allylic oxidation sites excluding steroid dienone is 1. The second-order valence-corrected chi connectivity index (χ2v) is 5.39. The first-order valence-corrected chi connectivity index (χ1v) is 7.98. The molecule has 0 rings (SSSR count). The first kappa shape index (κ1) is 19.6. The minimum absolute atomic E-state index is 0.206. The molecule has 0 fully saturated rings. The van der Waals surface area contributed by atoms with Crippen LogP contribution in [0.2, 0.25) is 0 Å². The van der Waals surface area contributed by atoms with Crippen molar-refractivity contribution >= 4 is 0 Å². The van der Waals surface area contributed by atoms with Crippen molar-refractivity contribution in [3.63, 3.8) is 0 Å². The van der Waals surface area contributed by atoms with E-state index in [1.165, 1.54) is 12.8 Å². The zero-order chi connectivity index (χ0) is 15.1. The van der Waals surface area contributed by atoms with Crippen LogP contribution in [0.5, 0.6) is 0 Å². The molecule has 0 aliphatic heterocycles. The number of rotatable bonds is 14. The molecule has 20 heavy (non-hydrogen) atoms. The summed E-state index contributed by atoms with van der Waals surface area (Å²) in [5, 5.41) is 35.7. The van der Waals surface area contributed by atoms with E-state index in [1.807, 2.05) is 12.2 Å². The SMILES string of the molecule is OCCCC=CC(O)CCCCCCCCCC(O)O. The molecule has 4 heteroatoms. The highest BCUT2D eigenvalue weighted by atomic mass is 16.5. The normalized spacial score (nSPS) is 13.4. The third-order valence-corrected chi connectivity index (χ3v) is 3.35. The molecule has 0 radical (unpaired) electrons. The Kier molecular flexibility index (Phi) is 14.7. The minimum Gasteiger partial charge on any atom is -0.396 e. The number of hydrogen-bond acceptors (Lipinski definition) is 4. The van der Waals surface area contributed by atoms with Crippen LogP contribution >= 0.6 is 0 Å². The maximum Gasteiger partial charge on any atom is 0.151 e. The van der Waals surface area contributed by atoms with Crippen molar-refractivity contribution in [2.24, 2.45) is 0 Å². The summed E-state index contributed by atoms with van der Waals surface area (Å²) in [7, 11) is 0. The van der Waals surface area contributed by atoms with E-state index in [4.69, 9.17) is 15.3 Å². The fourth-order valence-corrected chi connectivity index (χ4v) is 2.12. The monoisotopic (exact) mass is 288 g/mol. The lowest BCUT2D eigenvalue weighted by Crippen LogP contribution is -2.02. The zero-order valence-corrected chi connectivity index (χ0v) is 12.6. The highest BCUT2D eigenvalue weighted by Gasteiger charge is 1.99. The van der Waals surface area contributed by atoms with Gasteiger partial charge in [0.1, 0.15) is 0 Å². The largest absolute Gasteiger partial charge is 0.396 e. The summed E-state index contributed by atoms with van der Waals surface area (Å²) in [6.45, 7) is 0.206. The van der Waals surface area contributed by atoms with Gasteiger partial charge in [0.05, 0.1) is 6.10 Å². The van der Waals surface area contributed by atoms with E-state index in [0.29, 0.717) is 6.42 Å². The van der Waals surface area contributed by atoms with Crippen LogP contribution in [0.1, 0.15) is 70.6 Å². The Labute approximate surface area is 123 Å². The van der Waals surface area contributed by atoms with E-state index in [9.17, 15) is 5.11 Å². The van der Waals surface area contributed by atoms with Crippen LogP contribution in [0.4, 0.5) is 0 Å². The second kappa shape index (κ2) is 15.0. The second-order valence-electron chi connectivity index (χ2n) is 5.39. The Morgan fingerprint density at radius 2 is 1.25 bits per heavy atom. The van der Waals surface area contributed by atoms with Gasteiger partial charge in [-0.1, -0.05) is 50.7 Å². The molecule has 120 valence electrons. The van der Waals surface area contributed by atoms with E-state index < -0.39 is 6.29 Å². The quantitative estimate of drug-likeness (QED) is 0.225. The zero-order valence-electron chi connectivity index (χ0n) is 12.6. The van der Waals surface area contributed by atoms with Crippen LogP contribution in [-0.2, 0) is 0 Å². The Morgan fingerprint density at radius 3 is 1.80 bits per heavy atom. The van der Waals surface area contributed by atoms with Crippen LogP contribution in [0.3, 0.4) is 0 Å². The first-order chi connectivity index (χ1) is 9.66. The number of aliphatic hydroxyl groups is 4.